The SMILES string of the molecule is FC(F)C1c2ccccc2CCN1c1ccc(C(F)(F)F)cc1. The Morgan fingerprint density at radius 2 is 1.61 bits per heavy atom. The van der Waals surface area contributed by atoms with Crippen LogP contribution >= 0.6 is 0 Å². The van der Waals surface area contributed by atoms with Crippen LogP contribution in [-0.4, -0.2) is 13.0 Å². The summed E-state index contributed by atoms with van der Waals surface area (Å²) in [5, 5.41) is 0. The van der Waals surface area contributed by atoms with Gasteiger partial charge in [0.2, 0.25) is 0 Å². The zero-order valence-electron chi connectivity index (χ0n) is 12.0. The molecule has 0 saturated heterocycles. The summed E-state index contributed by atoms with van der Waals surface area (Å²) in [4.78, 5) is 1.48. The topological polar surface area (TPSA) is 3.24 Å². The standard InChI is InChI=1S/C17H14F5N/c18-16(19)15-14-4-2-1-3-11(14)9-10-23(15)13-7-5-12(6-8-13)17(20,21)22/h1-8,15-16H,9-10H2. The van der Waals surface area contributed by atoms with Gasteiger partial charge in [-0.2, -0.15) is 13.2 Å². The van der Waals surface area contributed by atoms with Crippen LogP contribution in [0.1, 0.15) is 22.7 Å². The molecule has 1 aliphatic heterocycles. The van der Waals surface area contributed by atoms with Gasteiger partial charge in [-0.15, -0.1) is 0 Å². The van der Waals surface area contributed by atoms with Gasteiger partial charge in [-0.05, 0) is 41.8 Å². The summed E-state index contributed by atoms with van der Waals surface area (Å²) >= 11 is 0. The molecule has 0 amide bonds. The minimum absolute atomic E-state index is 0.345. The van der Waals surface area contributed by atoms with Gasteiger partial charge in [0.15, 0.2) is 0 Å². The lowest BCUT2D eigenvalue weighted by atomic mass is 9.92. The molecule has 0 aliphatic carbocycles. The van der Waals surface area contributed by atoms with Crippen LogP contribution in [0.3, 0.4) is 0 Å². The first-order valence-corrected chi connectivity index (χ1v) is 7.18. The normalized spacial score (nSPS) is 18.2. The van der Waals surface area contributed by atoms with Gasteiger partial charge in [-0.3, -0.25) is 0 Å². The molecule has 2 aromatic carbocycles. The van der Waals surface area contributed by atoms with E-state index in [2.05, 4.69) is 0 Å². The summed E-state index contributed by atoms with van der Waals surface area (Å²) in [7, 11) is 0. The van der Waals surface area contributed by atoms with Gasteiger partial charge in [0, 0.05) is 12.2 Å². The van der Waals surface area contributed by atoms with Crippen LogP contribution in [0.4, 0.5) is 27.6 Å². The van der Waals surface area contributed by atoms with Gasteiger partial charge in [-0.25, -0.2) is 8.78 Å². The van der Waals surface area contributed by atoms with E-state index in [0.29, 0.717) is 24.2 Å². The van der Waals surface area contributed by atoms with E-state index in [0.717, 1.165) is 17.7 Å². The zero-order valence-corrected chi connectivity index (χ0v) is 12.0. The summed E-state index contributed by atoms with van der Waals surface area (Å²) in [6, 6.07) is 10.2. The van der Waals surface area contributed by atoms with Crippen LogP contribution in [0, 0.1) is 0 Å². The fourth-order valence-electron chi connectivity index (χ4n) is 3.00. The fraction of sp³-hybridized carbons (Fsp3) is 0.294. The van der Waals surface area contributed by atoms with Crippen molar-refractivity contribution in [2.24, 2.45) is 0 Å². The maximum absolute atomic E-state index is 13.6. The third-order valence-corrected chi connectivity index (χ3v) is 4.10. The first-order valence-electron chi connectivity index (χ1n) is 7.18. The van der Waals surface area contributed by atoms with Crippen molar-refractivity contribution >= 4 is 5.69 Å². The van der Waals surface area contributed by atoms with Crippen molar-refractivity contribution < 1.29 is 22.0 Å². The maximum atomic E-state index is 13.6. The first-order chi connectivity index (χ1) is 10.9. The lowest BCUT2D eigenvalue weighted by Crippen LogP contribution is -2.39. The third kappa shape index (κ3) is 3.02. The van der Waals surface area contributed by atoms with Crippen molar-refractivity contribution in [1.29, 1.82) is 0 Å². The van der Waals surface area contributed by atoms with Crippen LogP contribution in [-0.2, 0) is 12.6 Å². The molecule has 3 rings (SSSR count). The summed E-state index contributed by atoms with van der Waals surface area (Å²) in [5.41, 5.74) is 0.986. The molecule has 0 bridgehead atoms. The van der Waals surface area contributed by atoms with E-state index in [1.54, 1.807) is 18.2 Å². The molecule has 122 valence electrons. The average Bonchev–Trinajstić information content (AvgIpc) is 2.53. The highest BCUT2D eigenvalue weighted by molar-refractivity contribution is 5.53. The quantitative estimate of drug-likeness (QED) is 0.696. The predicted molar refractivity (Wildman–Crippen MR) is 77.7 cm³/mol. The zero-order chi connectivity index (χ0) is 16.6. The van der Waals surface area contributed by atoms with Gasteiger partial charge >= 0.3 is 6.18 Å². The van der Waals surface area contributed by atoms with Crippen molar-refractivity contribution in [2.75, 3.05) is 11.4 Å². The van der Waals surface area contributed by atoms with Gasteiger partial charge in [0.1, 0.15) is 6.04 Å². The molecule has 6 heteroatoms. The molecule has 1 unspecified atom stereocenters. The highest BCUT2D eigenvalue weighted by atomic mass is 19.4. The monoisotopic (exact) mass is 327 g/mol. The molecule has 0 spiro atoms. The van der Waals surface area contributed by atoms with Crippen molar-refractivity contribution in [3.8, 4) is 0 Å². The van der Waals surface area contributed by atoms with Crippen molar-refractivity contribution in [2.45, 2.75) is 25.1 Å². The van der Waals surface area contributed by atoms with Crippen LogP contribution in [0.15, 0.2) is 48.5 Å². The summed E-state index contributed by atoms with van der Waals surface area (Å²) in [6.07, 6.45) is -6.48. The Labute approximate surface area is 130 Å². The van der Waals surface area contributed by atoms with E-state index in [9.17, 15) is 22.0 Å². The molecule has 1 nitrogen and oxygen atoms in total. The van der Waals surface area contributed by atoms with Gasteiger partial charge in [-0.1, -0.05) is 24.3 Å². The predicted octanol–water partition coefficient (Wildman–Crippen LogP) is 5.07. The molecular weight excluding hydrogens is 313 g/mol. The van der Waals surface area contributed by atoms with Crippen molar-refractivity contribution in [3.63, 3.8) is 0 Å². The Hall–Kier alpha value is -2.11. The number of rotatable bonds is 2. The molecule has 0 radical (unpaired) electrons. The Morgan fingerprint density at radius 1 is 0.957 bits per heavy atom. The summed E-state index contributed by atoms with van der Waals surface area (Å²) in [6.45, 7) is 0.345. The van der Waals surface area contributed by atoms with E-state index >= 15 is 0 Å². The molecule has 1 atom stereocenters. The van der Waals surface area contributed by atoms with Crippen molar-refractivity contribution in [3.05, 3.63) is 65.2 Å². The molecule has 0 saturated carbocycles. The average molecular weight is 327 g/mol. The molecule has 2 aromatic rings. The van der Waals surface area contributed by atoms with Crippen LogP contribution < -0.4 is 4.90 Å². The van der Waals surface area contributed by atoms with Gasteiger partial charge < -0.3 is 4.90 Å². The minimum atomic E-state index is -4.44. The number of anilines is 1. The van der Waals surface area contributed by atoms with Crippen molar-refractivity contribution in [1.82, 2.24) is 0 Å². The van der Waals surface area contributed by atoms with E-state index in [-0.39, 0.29) is 0 Å². The van der Waals surface area contributed by atoms with E-state index in [1.807, 2.05) is 6.07 Å². The number of benzene rings is 2. The largest absolute Gasteiger partial charge is 0.416 e. The molecular formula is C17H14F5N. The Kier molecular flexibility index (Phi) is 4.00. The molecule has 0 fully saturated rings. The molecule has 23 heavy (non-hydrogen) atoms. The summed E-state index contributed by atoms with van der Waals surface area (Å²) < 4.78 is 65.1. The molecule has 0 N–H and O–H groups in total. The summed E-state index contributed by atoms with van der Waals surface area (Å²) in [5.74, 6) is 0. The smallest absolute Gasteiger partial charge is 0.359 e. The molecule has 0 aromatic heterocycles. The molecule has 1 aliphatic rings. The van der Waals surface area contributed by atoms with E-state index in [1.165, 1.54) is 17.0 Å². The Balaban J connectivity index is 1.96. The number of hydrogen-bond acceptors (Lipinski definition) is 1. The lowest BCUT2D eigenvalue weighted by molar-refractivity contribution is -0.137. The van der Waals surface area contributed by atoms with Crippen LogP contribution in [0.25, 0.3) is 0 Å². The highest BCUT2D eigenvalue weighted by Gasteiger charge is 2.35. The number of alkyl halides is 5. The minimum Gasteiger partial charge on any atom is -0.359 e. The van der Waals surface area contributed by atoms with E-state index < -0.39 is 24.2 Å². The highest BCUT2D eigenvalue weighted by Crippen LogP contribution is 2.38. The van der Waals surface area contributed by atoms with Gasteiger partial charge in [0.25, 0.3) is 6.43 Å². The lowest BCUT2D eigenvalue weighted by Gasteiger charge is -2.38. The van der Waals surface area contributed by atoms with E-state index in [4.69, 9.17) is 0 Å². The second-order valence-corrected chi connectivity index (χ2v) is 5.47. The second-order valence-electron chi connectivity index (χ2n) is 5.47. The first kappa shape index (κ1) is 15.8. The molecule has 1 heterocycles. The maximum Gasteiger partial charge on any atom is 0.416 e. The fourth-order valence-corrected chi connectivity index (χ4v) is 3.00. The van der Waals surface area contributed by atoms with Crippen LogP contribution in [0.5, 0.6) is 0 Å². The Morgan fingerprint density at radius 3 is 2.22 bits per heavy atom. The number of halogens is 5. The second kappa shape index (κ2) is 5.83. The third-order valence-electron chi connectivity index (χ3n) is 4.10. The van der Waals surface area contributed by atoms with Gasteiger partial charge in [0.05, 0.1) is 5.56 Å². The van der Waals surface area contributed by atoms with Crippen LogP contribution in [0.2, 0.25) is 0 Å². The number of hydrogen-bond donors (Lipinski definition) is 0. The number of fused-ring (bicyclic) bond motifs is 1. The Bertz CT molecular complexity index is 678. The number of nitrogens with zero attached hydrogens (tertiary/aromatic N) is 1.